The maximum atomic E-state index is 13.7. The monoisotopic (exact) mass is 227 g/mol. The molecule has 1 aliphatic heterocycles. The third-order valence-electron chi connectivity index (χ3n) is 3.04. The molecule has 88 valence electrons. The minimum Gasteiger partial charge on any atom is -0.497 e. The topological polar surface area (TPSA) is 21.3 Å². The van der Waals surface area contributed by atoms with E-state index in [0.717, 1.165) is 25.9 Å². The second kappa shape index (κ2) is 4.78. The van der Waals surface area contributed by atoms with Crippen molar-refractivity contribution in [3.05, 3.63) is 29.3 Å². The van der Waals surface area contributed by atoms with Crippen LogP contribution in [0.4, 0.5) is 8.78 Å². The fourth-order valence-electron chi connectivity index (χ4n) is 2.18. The lowest BCUT2D eigenvalue weighted by atomic mass is 9.89. The summed E-state index contributed by atoms with van der Waals surface area (Å²) < 4.78 is 32.3. The number of rotatable bonds is 2. The van der Waals surface area contributed by atoms with Crippen molar-refractivity contribution in [3.63, 3.8) is 0 Å². The van der Waals surface area contributed by atoms with Gasteiger partial charge >= 0.3 is 0 Å². The molecule has 0 atom stereocenters. The molecular formula is C12H15F2NO. The van der Waals surface area contributed by atoms with Crippen LogP contribution in [0.15, 0.2) is 12.1 Å². The van der Waals surface area contributed by atoms with Gasteiger partial charge in [-0.05, 0) is 31.8 Å². The fraction of sp³-hybridized carbons (Fsp3) is 0.500. The highest BCUT2D eigenvalue weighted by Gasteiger charge is 2.23. The zero-order chi connectivity index (χ0) is 11.5. The Bertz CT molecular complexity index is 352. The van der Waals surface area contributed by atoms with E-state index in [1.807, 2.05) is 0 Å². The first-order chi connectivity index (χ1) is 7.72. The molecule has 1 N–H and O–H groups in total. The van der Waals surface area contributed by atoms with Crippen LogP contribution in [-0.4, -0.2) is 20.2 Å². The molecule has 1 saturated heterocycles. The standard InChI is InChI=1S/C12H15F2NO/c1-16-9-6-10(13)12(11(14)7-9)8-2-4-15-5-3-8/h6-8,15H,2-5H2,1H3. The molecule has 0 spiro atoms. The van der Waals surface area contributed by atoms with Crippen molar-refractivity contribution < 1.29 is 13.5 Å². The third-order valence-corrected chi connectivity index (χ3v) is 3.04. The summed E-state index contributed by atoms with van der Waals surface area (Å²) in [7, 11) is 1.40. The van der Waals surface area contributed by atoms with E-state index >= 15 is 0 Å². The molecule has 2 rings (SSSR count). The van der Waals surface area contributed by atoms with Gasteiger partial charge in [-0.3, -0.25) is 0 Å². The van der Waals surface area contributed by atoms with E-state index in [4.69, 9.17) is 4.74 Å². The SMILES string of the molecule is COc1cc(F)c(C2CCNCC2)c(F)c1. The second-order valence-corrected chi connectivity index (χ2v) is 4.03. The van der Waals surface area contributed by atoms with Gasteiger partial charge in [0.1, 0.15) is 17.4 Å². The maximum Gasteiger partial charge on any atom is 0.133 e. The molecule has 0 amide bonds. The summed E-state index contributed by atoms with van der Waals surface area (Å²) in [4.78, 5) is 0. The van der Waals surface area contributed by atoms with Gasteiger partial charge in [-0.25, -0.2) is 8.78 Å². The highest BCUT2D eigenvalue weighted by Crippen LogP contribution is 2.31. The Kier molecular flexibility index (Phi) is 3.39. The van der Waals surface area contributed by atoms with Gasteiger partial charge in [0.2, 0.25) is 0 Å². The van der Waals surface area contributed by atoms with Crippen molar-refractivity contribution in [3.8, 4) is 5.75 Å². The molecule has 1 fully saturated rings. The van der Waals surface area contributed by atoms with Crippen LogP contribution in [0.5, 0.6) is 5.75 Å². The summed E-state index contributed by atoms with van der Waals surface area (Å²) in [6.07, 6.45) is 1.56. The van der Waals surface area contributed by atoms with Crippen molar-refractivity contribution >= 4 is 0 Å². The van der Waals surface area contributed by atoms with Crippen LogP contribution in [0.2, 0.25) is 0 Å². The van der Waals surface area contributed by atoms with E-state index in [9.17, 15) is 8.78 Å². The third kappa shape index (κ3) is 2.16. The lowest BCUT2D eigenvalue weighted by Gasteiger charge is -2.23. The maximum absolute atomic E-state index is 13.7. The van der Waals surface area contributed by atoms with Gasteiger partial charge in [0.15, 0.2) is 0 Å². The minimum atomic E-state index is -0.497. The van der Waals surface area contributed by atoms with Crippen molar-refractivity contribution in [1.29, 1.82) is 0 Å². The zero-order valence-electron chi connectivity index (χ0n) is 9.22. The number of methoxy groups -OCH3 is 1. The lowest BCUT2D eigenvalue weighted by Crippen LogP contribution is -2.27. The van der Waals surface area contributed by atoms with E-state index in [1.165, 1.54) is 19.2 Å². The molecule has 1 heterocycles. The first-order valence-electron chi connectivity index (χ1n) is 5.46. The largest absolute Gasteiger partial charge is 0.497 e. The van der Waals surface area contributed by atoms with Crippen molar-refractivity contribution in [1.82, 2.24) is 5.32 Å². The summed E-state index contributed by atoms with van der Waals surface area (Å²) in [5, 5.41) is 3.18. The summed E-state index contributed by atoms with van der Waals surface area (Å²) >= 11 is 0. The number of hydrogen-bond donors (Lipinski definition) is 1. The second-order valence-electron chi connectivity index (χ2n) is 4.03. The smallest absolute Gasteiger partial charge is 0.133 e. The quantitative estimate of drug-likeness (QED) is 0.837. The van der Waals surface area contributed by atoms with Crippen LogP contribution in [0.25, 0.3) is 0 Å². The summed E-state index contributed by atoms with van der Waals surface area (Å²) in [5.74, 6) is -0.785. The number of halogens is 2. The van der Waals surface area contributed by atoms with Gasteiger partial charge in [-0.15, -0.1) is 0 Å². The Balaban J connectivity index is 2.32. The average Bonchev–Trinajstić information content (AvgIpc) is 2.29. The Labute approximate surface area is 93.6 Å². The van der Waals surface area contributed by atoms with Gasteiger partial charge in [0.05, 0.1) is 7.11 Å². The Morgan fingerprint density at radius 3 is 2.25 bits per heavy atom. The lowest BCUT2D eigenvalue weighted by molar-refractivity contribution is 0.395. The molecule has 4 heteroatoms. The number of ether oxygens (including phenoxy) is 1. The van der Waals surface area contributed by atoms with Crippen LogP contribution in [0, 0.1) is 11.6 Å². The molecule has 2 nitrogen and oxygen atoms in total. The van der Waals surface area contributed by atoms with Crippen LogP contribution < -0.4 is 10.1 Å². The minimum absolute atomic E-state index is 0.0212. The molecule has 0 saturated carbocycles. The summed E-state index contributed by atoms with van der Waals surface area (Å²) in [6, 6.07) is 2.50. The molecule has 0 radical (unpaired) electrons. The van der Waals surface area contributed by atoms with Gasteiger partial charge in [0.25, 0.3) is 0 Å². The van der Waals surface area contributed by atoms with Gasteiger partial charge in [-0.1, -0.05) is 0 Å². The average molecular weight is 227 g/mol. The highest BCUT2D eigenvalue weighted by atomic mass is 19.1. The normalized spacial score (nSPS) is 17.4. The predicted molar refractivity (Wildman–Crippen MR) is 57.8 cm³/mol. The van der Waals surface area contributed by atoms with Gasteiger partial charge < -0.3 is 10.1 Å². The number of benzene rings is 1. The number of hydrogen-bond acceptors (Lipinski definition) is 2. The fourth-order valence-corrected chi connectivity index (χ4v) is 2.18. The molecule has 0 unspecified atom stereocenters. The van der Waals surface area contributed by atoms with E-state index in [-0.39, 0.29) is 17.2 Å². The Morgan fingerprint density at radius 1 is 1.19 bits per heavy atom. The zero-order valence-corrected chi connectivity index (χ0v) is 9.22. The molecule has 1 aliphatic rings. The van der Waals surface area contributed by atoms with E-state index in [0.29, 0.717) is 0 Å². The van der Waals surface area contributed by atoms with E-state index < -0.39 is 11.6 Å². The van der Waals surface area contributed by atoms with Crippen molar-refractivity contribution in [2.75, 3.05) is 20.2 Å². The van der Waals surface area contributed by atoms with Crippen LogP contribution >= 0.6 is 0 Å². The molecule has 1 aromatic rings. The molecule has 0 bridgehead atoms. The molecular weight excluding hydrogens is 212 g/mol. The molecule has 1 aromatic carbocycles. The Hall–Kier alpha value is -1.16. The first kappa shape index (κ1) is 11.3. The predicted octanol–water partition coefficient (Wildman–Crippen LogP) is 2.44. The molecule has 0 aliphatic carbocycles. The molecule has 16 heavy (non-hydrogen) atoms. The van der Waals surface area contributed by atoms with Crippen molar-refractivity contribution in [2.24, 2.45) is 0 Å². The number of nitrogens with one attached hydrogen (secondary N) is 1. The number of piperidine rings is 1. The summed E-state index contributed by atoms with van der Waals surface area (Å²) in [6.45, 7) is 1.63. The van der Waals surface area contributed by atoms with Crippen molar-refractivity contribution in [2.45, 2.75) is 18.8 Å². The van der Waals surface area contributed by atoms with E-state index in [2.05, 4.69) is 5.32 Å². The van der Waals surface area contributed by atoms with Crippen LogP contribution in [0.1, 0.15) is 24.3 Å². The Morgan fingerprint density at radius 2 is 1.75 bits per heavy atom. The van der Waals surface area contributed by atoms with Crippen LogP contribution in [-0.2, 0) is 0 Å². The van der Waals surface area contributed by atoms with Crippen LogP contribution in [0.3, 0.4) is 0 Å². The highest BCUT2D eigenvalue weighted by molar-refractivity contribution is 5.33. The van der Waals surface area contributed by atoms with E-state index in [1.54, 1.807) is 0 Å². The van der Waals surface area contributed by atoms with Gasteiger partial charge in [0, 0.05) is 17.7 Å². The van der Waals surface area contributed by atoms with Gasteiger partial charge in [-0.2, -0.15) is 0 Å². The molecule has 0 aromatic heterocycles. The first-order valence-corrected chi connectivity index (χ1v) is 5.46. The summed E-state index contributed by atoms with van der Waals surface area (Å²) in [5.41, 5.74) is 0.210.